The first-order chi connectivity index (χ1) is 25.3. The first-order valence-corrected chi connectivity index (χ1v) is 17.5. The lowest BCUT2D eigenvalue weighted by molar-refractivity contribution is 1.28. The number of benzene rings is 9. The van der Waals surface area contributed by atoms with E-state index >= 15 is 0 Å². The van der Waals surface area contributed by atoms with Gasteiger partial charge in [-0.15, -0.1) is 0 Å². The van der Waals surface area contributed by atoms with Gasteiger partial charge in [0.2, 0.25) is 0 Å². The Labute approximate surface area is 299 Å². The summed E-state index contributed by atoms with van der Waals surface area (Å²) < 4.78 is 0. The molecule has 0 spiro atoms. The van der Waals surface area contributed by atoms with Crippen LogP contribution < -0.4 is 4.90 Å². The van der Waals surface area contributed by atoms with Gasteiger partial charge in [0.25, 0.3) is 0 Å². The van der Waals surface area contributed by atoms with Gasteiger partial charge in [0, 0.05) is 17.1 Å². The van der Waals surface area contributed by atoms with Crippen LogP contribution in [-0.2, 0) is 0 Å². The molecule has 0 saturated heterocycles. The van der Waals surface area contributed by atoms with Gasteiger partial charge >= 0.3 is 0 Å². The van der Waals surface area contributed by atoms with E-state index in [-0.39, 0.29) is 0 Å². The van der Waals surface area contributed by atoms with Crippen LogP contribution in [0.5, 0.6) is 0 Å². The van der Waals surface area contributed by atoms with Crippen molar-refractivity contribution in [3.63, 3.8) is 0 Å². The van der Waals surface area contributed by atoms with E-state index in [1.54, 1.807) is 0 Å². The third-order valence-corrected chi connectivity index (χ3v) is 9.89. The second-order valence-corrected chi connectivity index (χ2v) is 13.0. The van der Waals surface area contributed by atoms with Gasteiger partial charge in [-0.25, -0.2) is 0 Å². The largest absolute Gasteiger partial charge is 0.311 e. The zero-order valence-electron chi connectivity index (χ0n) is 28.2. The minimum absolute atomic E-state index is 1.11. The van der Waals surface area contributed by atoms with Gasteiger partial charge < -0.3 is 4.90 Å². The van der Waals surface area contributed by atoms with Crippen LogP contribution >= 0.6 is 0 Å². The molecule has 0 fully saturated rings. The monoisotopic (exact) mass is 649 g/mol. The number of hydrogen-bond acceptors (Lipinski definition) is 1. The Balaban J connectivity index is 1.10. The molecule has 51 heavy (non-hydrogen) atoms. The molecule has 0 bridgehead atoms. The molecule has 1 nitrogen and oxygen atoms in total. The molecular formula is C50H35N. The van der Waals surface area contributed by atoms with E-state index in [1.165, 1.54) is 66.1 Å². The second kappa shape index (κ2) is 13.3. The third-order valence-electron chi connectivity index (χ3n) is 9.89. The van der Waals surface area contributed by atoms with Crippen molar-refractivity contribution in [1.82, 2.24) is 0 Å². The molecule has 0 aliphatic heterocycles. The Kier molecular flexibility index (Phi) is 7.92. The highest BCUT2D eigenvalue weighted by molar-refractivity contribution is 6.05. The van der Waals surface area contributed by atoms with Crippen molar-refractivity contribution < 1.29 is 0 Å². The first kappa shape index (κ1) is 30.4. The van der Waals surface area contributed by atoms with E-state index < -0.39 is 0 Å². The van der Waals surface area contributed by atoms with Crippen molar-refractivity contribution >= 4 is 38.6 Å². The zero-order chi connectivity index (χ0) is 34.0. The topological polar surface area (TPSA) is 3.24 Å². The molecule has 9 aromatic carbocycles. The molecule has 9 rings (SSSR count). The molecule has 0 amide bonds. The average molecular weight is 650 g/mol. The predicted molar refractivity (Wildman–Crippen MR) is 218 cm³/mol. The quantitative estimate of drug-likeness (QED) is 0.166. The van der Waals surface area contributed by atoms with Crippen molar-refractivity contribution in [3.8, 4) is 44.5 Å². The van der Waals surface area contributed by atoms with E-state index in [4.69, 9.17) is 0 Å². The molecule has 0 aliphatic carbocycles. The molecule has 0 heterocycles. The maximum absolute atomic E-state index is 2.35. The molecule has 240 valence electrons. The number of anilines is 3. The molecule has 0 aliphatic rings. The van der Waals surface area contributed by atoms with Gasteiger partial charge in [-0.3, -0.25) is 0 Å². The zero-order valence-corrected chi connectivity index (χ0v) is 28.2. The minimum atomic E-state index is 1.11. The second-order valence-electron chi connectivity index (χ2n) is 13.0. The molecule has 0 unspecified atom stereocenters. The Hall–Kier alpha value is -6.70. The normalized spacial score (nSPS) is 11.1. The lowest BCUT2D eigenvalue weighted by Gasteiger charge is -2.26. The summed E-state index contributed by atoms with van der Waals surface area (Å²) in [6.07, 6.45) is 0. The molecule has 0 radical (unpaired) electrons. The first-order valence-electron chi connectivity index (χ1n) is 17.5. The summed E-state index contributed by atoms with van der Waals surface area (Å²) in [5.74, 6) is 0. The molecule has 0 atom stereocenters. The number of rotatable bonds is 7. The summed E-state index contributed by atoms with van der Waals surface area (Å²) in [4.78, 5) is 2.35. The highest BCUT2D eigenvalue weighted by Gasteiger charge is 2.15. The molecule has 0 saturated carbocycles. The molecule has 0 N–H and O–H groups in total. The van der Waals surface area contributed by atoms with Crippen LogP contribution in [0.4, 0.5) is 17.1 Å². The fourth-order valence-corrected chi connectivity index (χ4v) is 7.26. The van der Waals surface area contributed by atoms with E-state index in [0.717, 1.165) is 17.1 Å². The lowest BCUT2D eigenvalue weighted by atomic mass is 9.92. The summed E-state index contributed by atoms with van der Waals surface area (Å²) >= 11 is 0. The lowest BCUT2D eigenvalue weighted by Crippen LogP contribution is -2.09. The average Bonchev–Trinajstić information content (AvgIpc) is 3.22. The highest BCUT2D eigenvalue weighted by atomic mass is 15.1. The maximum Gasteiger partial charge on any atom is 0.0462 e. The van der Waals surface area contributed by atoms with Crippen LogP contribution in [0.15, 0.2) is 212 Å². The third kappa shape index (κ3) is 5.96. The number of fused-ring (bicyclic) bond motifs is 2. The van der Waals surface area contributed by atoms with E-state index in [2.05, 4.69) is 217 Å². The molecule has 0 aromatic heterocycles. The van der Waals surface area contributed by atoms with Gasteiger partial charge in [-0.05, 0) is 109 Å². The fourth-order valence-electron chi connectivity index (χ4n) is 7.26. The maximum atomic E-state index is 2.35. The van der Waals surface area contributed by atoms with Crippen LogP contribution in [-0.4, -0.2) is 0 Å². The van der Waals surface area contributed by atoms with Gasteiger partial charge in [0.1, 0.15) is 0 Å². The van der Waals surface area contributed by atoms with E-state index in [0.29, 0.717) is 0 Å². The SMILES string of the molecule is c1ccc(-c2ccc(N(c3ccc(-c4ccc5ccccc5c4)cc3)c3ccc(-c4ccc(-c5ccccc5)c5ccccc45)cc3)cc2)cc1. The number of hydrogen-bond donors (Lipinski definition) is 0. The van der Waals surface area contributed by atoms with E-state index in [9.17, 15) is 0 Å². The van der Waals surface area contributed by atoms with Crippen LogP contribution in [0.25, 0.3) is 66.1 Å². The van der Waals surface area contributed by atoms with Gasteiger partial charge in [0.05, 0.1) is 0 Å². The summed E-state index contributed by atoms with van der Waals surface area (Å²) in [6, 6.07) is 76.6. The van der Waals surface area contributed by atoms with Crippen molar-refractivity contribution in [2.45, 2.75) is 0 Å². The van der Waals surface area contributed by atoms with Crippen molar-refractivity contribution in [2.24, 2.45) is 0 Å². The van der Waals surface area contributed by atoms with Gasteiger partial charge in [-0.1, -0.05) is 170 Å². The highest BCUT2D eigenvalue weighted by Crippen LogP contribution is 2.40. The summed E-state index contributed by atoms with van der Waals surface area (Å²) in [5, 5.41) is 5.02. The van der Waals surface area contributed by atoms with Crippen LogP contribution in [0.3, 0.4) is 0 Å². The molecule has 1 heteroatoms. The fraction of sp³-hybridized carbons (Fsp3) is 0. The Morgan fingerprint density at radius 3 is 1.16 bits per heavy atom. The summed E-state index contributed by atoms with van der Waals surface area (Å²) in [5.41, 5.74) is 13.1. The smallest absolute Gasteiger partial charge is 0.0462 e. The van der Waals surface area contributed by atoms with Crippen LogP contribution in [0, 0.1) is 0 Å². The summed E-state index contributed by atoms with van der Waals surface area (Å²) in [7, 11) is 0. The Bertz CT molecular complexity index is 2590. The summed E-state index contributed by atoms with van der Waals surface area (Å²) in [6.45, 7) is 0. The van der Waals surface area contributed by atoms with Gasteiger partial charge in [-0.2, -0.15) is 0 Å². The minimum Gasteiger partial charge on any atom is -0.311 e. The van der Waals surface area contributed by atoms with Crippen molar-refractivity contribution in [3.05, 3.63) is 212 Å². The van der Waals surface area contributed by atoms with Crippen LogP contribution in [0.2, 0.25) is 0 Å². The van der Waals surface area contributed by atoms with Crippen molar-refractivity contribution in [2.75, 3.05) is 4.90 Å². The number of nitrogens with zero attached hydrogens (tertiary/aromatic N) is 1. The Morgan fingerprint density at radius 2 is 0.608 bits per heavy atom. The standard InChI is InChI=1S/C50H35N/c1-3-11-36(12-4-1)38-21-27-44(28-22-38)51(45-29-23-39(24-30-45)43-20-19-37-13-7-8-16-42(37)35-43)46-31-25-41(26-32-46)48-34-33-47(40-14-5-2-6-15-40)49-17-9-10-18-50(48)49/h1-35H. The Morgan fingerprint density at radius 1 is 0.235 bits per heavy atom. The molecule has 9 aromatic rings. The molecular weight excluding hydrogens is 615 g/mol. The van der Waals surface area contributed by atoms with E-state index in [1.807, 2.05) is 0 Å². The predicted octanol–water partition coefficient (Wildman–Crippen LogP) is 14.1. The van der Waals surface area contributed by atoms with Gasteiger partial charge in [0.15, 0.2) is 0 Å². The van der Waals surface area contributed by atoms with Crippen molar-refractivity contribution in [1.29, 1.82) is 0 Å². The van der Waals surface area contributed by atoms with Crippen LogP contribution in [0.1, 0.15) is 0 Å².